The van der Waals surface area contributed by atoms with Crippen molar-refractivity contribution < 1.29 is 23.5 Å². The molecular weight excluding hydrogens is 395 g/mol. The lowest BCUT2D eigenvalue weighted by molar-refractivity contribution is 0.0203. The van der Waals surface area contributed by atoms with Crippen molar-refractivity contribution in [3.05, 3.63) is 33.9 Å². The number of rotatable bonds is 5. The van der Waals surface area contributed by atoms with E-state index < -0.39 is 18.2 Å². The van der Waals surface area contributed by atoms with Crippen LogP contribution in [0.2, 0.25) is 0 Å². The number of alkyl halides is 1. The highest BCUT2D eigenvalue weighted by Crippen LogP contribution is 2.28. The largest absolute Gasteiger partial charge is 0.462 e. The first-order valence-corrected chi connectivity index (χ1v) is 10.0. The fraction of sp³-hybridized carbons (Fsp3) is 0.600. The summed E-state index contributed by atoms with van der Waals surface area (Å²) in [7, 11) is 0. The molecule has 0 bridgehead atoms. The average molecular weight is 422 g/mol. The lowest BCUT2D eigenvalue weighted by atomic mass is 9.93. The number of nitrogens with zero attached hydrogens (tertiary/aromatic N) is 3. The second-order valence-corrected chi connectivity index (χ2v) is 8.30. The van der Waals surface area contributed by atoms with E-state index in [1.54, 1.807) is 4.90 Å². The number of H-pyrrole nitrogens is 1. The van der Waals surface area contributed by atoms with Crippen molar-refractivity contribution in [3.63, 3.8) is 0 Å². The highest BCUT2D eigenvalue weighted by molar-refractivity contribution is 5.95. The third-order valence-electron chi connectivity index (χ3n) is 4.83. The van der Waals surface area contributed by atoms with Gasteiger partial charge in [-0.25, -0.2) is 14.1 Å². The van der Waals surface area contributed by atoms with E-state index >= 15 is 0 Å². The second kappa shape index (κ2) is 8.85. The molecule has 0 spiro atoms. The van der Waals surface area contributed by atoms with Gasteiger partial charge in [-0.15, -0.1) is 0 Å². The molecule has 164 valence electrons. The minimum absolute atomic E-state index is 0.0104. The smallest absolute Gasteiger partial charge is 0.410 e. The summed E-state index contributed by atoms with van der Waals surface area (Å²) >= 11 is 0. The molecule has 30 heavy (non-hydrogen) atoms. The number of aromatic nitrogens is 3. The highest BCUT2D eigenvalue weighted by Gasteiger charge is 2.29. The fourth-order valence-corrected chi connectivity index (χ4v) is 3.43. The summed E-state index contributed by atoms with van der Waals surface area (Å²) in [5.74, 6) is -0.671. The zero-order valence-corrected chi connectivity index (χ0v) is 17.4. The van der Waals surface area contributed by atoms with Crippen LogP contribution in [0.15, 0.2) is 17.1 Å². The third-order valence-corrected chi connectivity index (χ3v) is 4.83. The monoisotopic (exact) mass is 422 g/mol. The van der Waals surface area contributed by atoms with Gasteiger partial charge in [0.2, 0.25) is 0 Å². The minimum atomic E-state index is -0.661. The number of hydrogen-bond acceptors (Lipinski definition) is 6. The number of carbonyl (C=O) groups excluding carboxylic acids is 2. The molecule has 3 heterocycles. The van der Waals surface area contributed by atoms with E-state index in [-0.39, 0.29) is 41.8 Å². The first-order chi connectivity index (χ1) is 14.2. The van der Waals surface area contributed by atoms with Gasteiger partial charge in [0, 0.05) is 31.5 Å². The Labute approximate surface area is 173 Å². The molecule has 1 aliphatic rings. The molecule has 2 aromatic heterocycles. The summed E-state index contributed by atoms with van der Waals surface area (Å²) in [4.78, 5) is 41.0. The first-order valence-electron chi connectivity index (χ1n) is 10.0. The Bertz CT molecular complexity index is 970. The van der Waals surface area contributed by atoms with Crippen molar-refractivity contribution in [2.24, 2.45) is 0 Å². The van der Waals surface area contributed by atoms with Gasteiger partial charge < -0.3 is 19.4 Å². The van der Waals surface area contributed by atoms with Crippen molar-refractivity contribution in [2.45, 2.75) is 51.6 Å². The van der Waals surface area contributed by atoms with E-state index in [0.29, 0.717) is 31.6 Å². The number of fused-ring (bicyclic) bond motifs is 1. The van der Waals surface area contributed by atoms with Crippen molar-refractivity contribution in [1.29, 1.82) is 0 Å². The minimum Gasteiger partial charge on any atom is -0.462 e. The predicted octanol–water partition coefficient (Wildman–Crippen LogP) is 2.65. The van der Waals surface area contributed by atoms with E-state index in [1.165, 1.54) is 16.8 Å². The number of nitrogens with one attached hydrogen (secondary N) is 1. The summed E-state index contributed by atoms with van der Waals surface area (Å²) in [5.41, 5.74) is 0.124. The number of halogens is 1. The quantitative estimate of drug-likeness (QED) is 0.587. The van der Waals surface area contributed by atoms with E-state index in [9.17, 15) is 18.8 Å². The maximum absolute atomic E-state index is 12.3. The van der Waals surface area contributed by atoms with Crippen LogP contribution in [0.5, 0.6) is 0 Å². The van der Waals surface area contributed by atoms with Crippen LogP contribution in [-0.2, 0) is 9.47 Å². The van der Waals surface area contributed by atoms with Crippen LogP contribution in [0, 0.1) is 0 Å². The van der Waals surface area contributed by atoms with Crippen LogP contribution in [0.4, 0.5) is 9.18 Å². The molecule has 9 nitrogen and oxygen atoms in total. The highest BCUT2D eigenvalue weighted by atomic mass is 19.1. The van der Waals surface area contributed by atoms with Gasteiger partial charge in [0.15, 0.2) is 5.65 Å². The van der Waals surface area contributed by atoms with E-state index in [0.717, 1.165) is 0 Å². The molecular formula is C20H27FN4O5. The Morgan fingerprint density at radius 1 is 1.30 bits per heavy atom. The summed E-state index contributed by atoms with van der Waals surface area (Å²) in [6, 6.07) is 1.46. The maximum Gasteiger partial charge on any atom is 0.410 e. The van der Waals surface area contributed by atoms with Gasteiger partial charge in [0.1, 0.15) is 11.2 Å². The number of carbonyl (C=O) groups is 2. The molecule has 1 aliphatic heterocycles. The SMILES string of the molecule is CC(C)(C)OC(=O)N1CCC(c2cc(=O)[nH]c3c(C(=O)OCCCF)cnn23)CC1. The molecule has 0 saturated carbocycles. The second-order valence-electron chi connectivity index (χ2n) is 8.30. The number of likely N-dealkylation sites (tertiary alicyclic amines) is 1. The first kappa shape index (κ1) is 21.8. The predicted molar refractivity (Wildman–Crippen MR) is 106 cm³/mol. The van der Waals surface area contributed by atoms with E-state index in [2.05, 4.69) is 10.1 Å². The van der Waals surface area contributed by atoms with Gasteiger partial charge >= 0.3 is 12.1 Å². The topological polar surface area (TPSA) is 106 Å². The molecule has 0 radical (unpaired) electrons. The Hall–Kier alpha value is -2.91. The van der Waals surface area contributed by atoms with E-state index in [1.807, 2.05) is 20.8 Å². The maximum atomic E-state index is 12.3. The summed E-state index contributed by atoms with van der Waals surface area (Å²) in [6.45, 7) is 5.83. The number of piperidine rings is 1. The van der Waals surface area contributed by atoms with Gasteiger partial charge in [-0.2, -0.15) is 5.10 Å². The summed E-state index contributed by atoms with van der Waals surface area (Å²) in [6.07, 6.45) is 2.36. The molecule has 1 N–H and O–H groups in total. The molecule has 3 rings (SSSR count). The zero-order chi connectivity index (χ0) is 21.9. The van der Waals surface area contributed by atoms with Crippen LogP contribution >= 0.6 is 0 Å². The molecule has 1 fully saturated rings. The zero-order valence-electron chi connectivity index (χ0n) is 17.4. The Morgan fingerprint density at radius 3 is 2.63 bits per heavy atom. The molecule has 10 heteroatoms. The van der Waals surface area contributed by atoms with Crippen LogP contribution in [0.25, 0.3) is 5.65 Å². The summed E-state index contributed by atoms with van der Waals surface area (Å²) in [5, 5.41) is 4.25. The third kappa shape index (κ3) is 4.98. The Kier molecular flexibility index (Phi) is 6.42. The number of hydrogen-bond donors (Lipinski definition) is 1. The van der Waals surface area contributed by atoms with Crippen molar-refractivity contribution in [1.82, 2.24) is 19.5 Å². The molecule has 0 atom stereocenters. The van der Waals surface area contributed by atoms with Crippen LogP contribution < -0.4 is 5.56 Å². The lowest BCUT2D eigenvalue weighted by Gasteiger charge is -2.33. The summed E-state index contributed by atoms with van der Waals surface area (Å²) < 4.78 is 24.2. The molecule has 1 saturated heterocycles. The lowest BCUT2D eigenvalue weighted by Crippen LogP contribution is -2.41. The van der Waals surface area contributed by atoms with Gasteiger partial charge in [-0.3, -0.25) is 9.18 Å². The molecule has 0 aliphatic carbocycles. The number of aromatic amines is 1. The Morgan fingerprint density at radius 2 is 2.00 bits per heavy atom. The molecule has 0 aromatic carbocycles. The Balaban J connectivity index is 1.77. The average Bonchev–Trinajstić information content (AvgIpc) is 3.10. The van der Waals surface area contributed by atoms with E-state index in [4.69, 9.17) is 9.47 Å². The van der Waals surface area contributed by atoms with Crippen molar-refractivity contribution >= 4 is 17.7 Å². The molecule has 2 aromatic rings. The molecule has 1 amide bonds. The number of esters is 1. The molecule has 0 unspecified atom stereocenters. The van der Waals surface area contributed by atoms with Crippen molar-refractivity contribution in [2.75, 3.05) is 26.4 Å². The van der Waals surface area contributed by atoms with Crippen LogP contribution in [0.3, 0.4) is 0 Å². The van der Waals surface area contributed by atoms with Gasteiger partial charge in [0.25, 0.3) is 5.56 Å². The van der Waals surface area contributed by atoms with Gasteiger partial charge in [-0.1, -0.05) is 0 Å². The normalized spacial score (nSPS) is 15.4. The number of ether oxygens (including phenoxy) is 2. The van der Waals surface area contributed by atoms with Gasteiger partial charge in [-0.05, 0) is 33.6 Å². The van der Waals surface area contributed by atoms with Gasteiger partial charge in [0.05, 0.1) is 25.2 Å². The standard InChI is InChI=1S/C20H27FN4O5/c1-20(2,3)30-19(28)24-8-5-13(6-9-24)15-11-16(26)23-17-14(12-22-25(15)17)18(27)29-10-4-7-21/h11-13H,4-10H2,1-3H3,(H,23,26). The number of amides is 1. The van der Waals surface area contributed by atoms with Crippen molar-refractivity contribution in [3.8, 4) is 0 Å². The van der Waals surface area contributed by atoms with Crippen LogP contribution in [0.1, 0.15) is 62.0 Å². The fourth-order valence-electron chi connectivity index (χ4n) is 3.43. The van der Waals surface area contributed by atoms with Crippen LogP contribution in [-0.4, -0.2) is 63.5 Å².